The van der Waals surface area contributed by atoms with E-state index in [4.69, 9.17) is 11.5 Å². The van der Waals surface area contributed by atoms with Crippen molar-refractivity contribution in [3.8, 4) is 0 Å². The fraction of sp³-hybridized carbons (Fsp3) is 0.200. The molecule has 0 unspecified atom stereocenters. The Morgan fingerprint density at radius 1 is 1.24 bits per heavy atom. The van der Waals surface area contributed by atoms with Crippen LogP contribution in [-0.2, 0) is 4.79 Å². The molecule has 0 aliphatic heterocycles. The maximum Gasteiger partial charge on any atom is 0.251 e. The monoisotopic (exact) mass is 243 g/mol. The summed E-state index contributed by atoms with van der Waals surface area (Å²) < 4.78 is 26.3. The predicted octanol–water partition coefficient (Wildman–Crippen LogP) is 0.351. The fourth-order valence-electron chi connectivity index (χ4n) is 1.18. The molecule has 0 spiro atoms. The van der Waals surface area contributed by atoms with E-state index in [9.17, 15) is 18.4 Å². The summed E-state index contributed by atoms with van der Waals surface area (Å²) in [7, 11) is 0. The lowest BCUT2D eigenvalue weighted by atomic mass is 10.1. The molecular weight excluding hydrogens is 232 g/mol. The number of nitrogens with one attached hydrogen (secondary N) is 1. The molecule has 0 aliphatic rings. The molecule has 1 rings (SSSR count). The molecule has 0 saturated heterocycles. The van der Waals surface area contributed by atoms with Gasteiger partial charge in [0.1, 0.15) is 11.6 Å². The summed E-state index contributed by atoms with van der Waals surface area (Å²) in [5.74, 6) is -3.64. The van der Waals surface area contributed by atoms with Gasteiger partial charge < -0.3 is 16.8 Å². The Morgan fingerprint density at radius 2 is 1.88 bits per heavy atom. The Kier molecular flexibility index (Phi) is 4.11. The molecule has 1 aromatic carbocycles. The van der Waals surface area contributed by atoms with Crippen molar-refractivity contribution in [2.24, 2.45) is 11.5 Å². The Morgan fingerprint density at radius 3 is 2.41 bits per heavy atom. The molecule has 7 heteroatoms. The number of nitrogens with two attached hydrogens (primary N) is 2. The first-order valence-electron chi connectivity index (χ1n) is 4.74. The molecule has 0 heterocycles. The van der Waals surface area contributed by atoms with E-state index in [0.717, 1.165) is 6.07 Å². The van der Waals surface area contributed by atoms with Crippen molar-refractivity contribution in [3.63, 3.8) is 0 Å². The average molecular weight is 243 g/mol. The summed E-state index contributed by atoms with van der Waals surface area (Å²) in [5, 5.41) is 2.17. The maximum atomic E-state index is 13.3. The SMILES string of the molecule is NCCC(=O)Nc1cc(C(N)=O)c(F)cc1F. The average Bonchev–Trinajstić information content (AvgIpc) is 2.21. The van der Waals surface area contributed by atoms with Crippen LogP contribution >= 0.6 is 0 Å². The van der Waals surface area contributed by atoms with Crippen LogP contribution < -0.4 is 16.8 Å². The van der Waals surface area contributed by atoms with Crippen molar-refractivity contribution < 1.29 is 18.4 Å². The standard InChI is InChI=1S/C10H11F2N3O2/c11-6-4-7(12)8(3-5(6)10(14)17)15-9(16)1-2-13/h3-4H,1-2,13H2,(H2,14,17)(H,15,16). The number of benzene rings is 1. The smallest absolute Gasteiger partial charge is 0.251 e. The van der Waals surface area contributed by atoms with Gasteiger partial charge >= 0.3 is 0 Å². The zero-order valence-corrected chi connectivity index (χ0v) is 8.80. The van der Waals surface area contributed by atoms with Gasteiger partial charge in [0.15, 0.2) is 0 Å². The second kappa shape index (κ2) is 5.35. The van der Waals surface area contributed by atoms with Crippen LogP contribution in [0.5, 0.6) is 0 Å². The topological polar surface area (TPSA) is 98.2 Å². The second-order valence-electron chi connectivity index (χ2n) is 3.26. The molecule has 0 aliphatic carbocycles. The van der Waals surface area contributed by atoms with Crippen LogP contribution in [0.15, 0.2) is 12.1 Å². The van der Waals surface area contributed by atoms with Crippen LogP contribution in [0.1, 0.15) is 16.8 Å². The number of anilines is 1. The number of primary amides is 1. The molecule has 0 saturated carbocycles. The van der Waals surface area contributed by atoms with Gasteiger partial charge in [0.2, 0.25) is 5.91 Å². The fourth-order valence-corrected chi connectivity index (χ4v) is 1.18. The van der Waals surface area contributed by atoms with Gasteiger partial charge in [0.05, 0.1) is 11.3 Å². The largest absolute Gasteiger partial charge is 0.366 e. The van der Waals surface area contributed by atoms with Crippen LogP contribution in [0.2, 0.25) is 0 Å². The number of rotatable bonds is 4. The van der Waals surface area contributed by atoms with E-state index >= 15 is 0 Å². The summed E-state index contributed by atoms with van der Waals surface area (Å²) in [4.78, 5) is 22.0. The van der Waals surface area contributed by atoms with E-state index in [1.807, 2.05) is 0 Å². The summed E-state index contributed by atoms with van der Waals surface area (Å²) in [5.41, 5.74) is 9.23. The van der Waals surface area contributed by atoms with Crippen molar-refractivity contribution in [2.75, 3.05) is 11.9 Å². The first-order chi connectivity index (χ1) is 7.95. The predicted molar refractivity (Wildman–Crippen MR) is 57.2 cm³/mol. The van der Waals surface area contributed by atoms with E-state index in [-0.39, 0.29) is 18.7 Å². The summed E-state index contributed by atoms with van der Waals surface area (Å²) in [6, 6.07) is 1.33. The lowest BCUT2D eigenvalue weighted by molar-refractivity contribution is -0.116. The molecular formula is C10H11F2N3O2. The minimum Gasteiger partial charge on any atom is -0.366 e. The highest BCUT2D eigenvalue weighted by molar-refractivity contribution is 5.96. The first-order valence-corrected chi connectivity index (χ1v) is 4.74. The zero-order valence-electron chi connectivity index (χ0n) is 8.80. The van der Waals surface area contributed by atoms with Crippen LogP contribution in [-0.4, -0.2) is 18.4 Å². The first kappa shape index (κ1) is 13.0. The Balaban J connectivity index is 3.03. The molecule has 5 N–H and O–H groups in total. The van der Waals surface area contributed by atoms with Gasteiger partial charge in [-0.25, -0.2) is 8.78 Å². The second-order valence-corrected chi connectivity index (χ2v) is 3.26. The molecule has 1 aromatic rings. The highest BCUT2D eigenvalue weighted by atomic mass is 19.1. The number of halogens is 2. The lowest BCUT2D eigenvalue weighted by Gasteiger charge is -2.07. The Bertz CT molecular complexity index is 463. The molecule has 0 aromatic heterocycles. The molecule has 0 atom stereocenters. The number of carbonyl (C=O) groups excluding carboxylic acids is 2. The Hall–Kier alpha value is -2.02. The molecule has 0 radical (unpaired) electrons. The third kappa shape index (κ3) is 3.22. The van der Waals surface area contributed by atoms with E-state index < -0.39 is 29.0 Å². The van der Waals surface area contributed by atoms with Gasteiger partial charge in [-0.05, 0) is 6.07 Å². The third-order valence-electron chi connectivity index (χ3n) is 1.97. The van der Waals surface area contributed by atoms with Gasteiger partial charge in [-0.15, -0.1) is 0 Å². The van der Waals surface area contributed by atoms with E-state index in [0.29, 0.717) is 6.07 Å². The van der Waals surface area contributed by atoms with Gasteiger partial charge in [0.25, 0.3) is 5.91 Å². The highest BCUT2D eigenvalue weighted by Gasteiger charge is 2.15. The molecule has 5 nitrogen and oxygen atoms in total. The van der Waals surface area contributed by atoms with Crippen molar-refractivity contribution in [3.05, 3.63) is 29.3 Å². The summed E-state index contributed by atoms with van der Waals surface area (Å²) >= 11 is 0. The van der Waals surface area contributed by atoms with Crippen molar-refractivity contribution in [1.82, 2.24) is 0 Å². The molecule has 0 bridgehead atoms. The van der Waals surface area contributed by atoms with Crippen LogP contribution in [0, 0.1) is 11.6 Å². The number of carbonyl (C=O) groups is 2. The minimum atomic E-state index is -1.08. The van der Waals surface area contributed by atoms with Gasteiger partial charge in [-0.1, -0.05) is 0 Å². The van der Waals surface area contributed by atoms with Gasteiger partial charge in [-0.3, -0.25) is 9.59 Å². The minimum absolute atomic E-state index is 0.0112. The van der Waals surface area contributed by atoms with Crippen molar-refractivity contribution >= 4 is 17.5 Å². The van der Waals surface area contributed by atoms with E-state index in [1.165, 1.54) is 0 Å². The van der Waals surface area contributed by atoms with Crippen LogP contribution in [0.4, 0.5) is 14.5 Å². The quantitative estimate of drug-likeness (QED) is 0.711. The van der Waals surface area contributed by atoms with Crippen LogP contribution in [0.25, 0.3) is 0 Å². The molecule has 92 valence electrons. The number of hydrogen-bond donors (Lipinski definition) is 3. The Labute approximate surface area is 95.8 Å². The summed E-state index contributed by atoms with van der Waals surface area (Å²) in [6.45, 7) is 0.0946. The highest BCUT2D eigenvalue weighted by Crippen LogP contribution is 2.19. The number of hydrogen-bond acceptors (Lipinski definition) is 3. The normalized spacial score (nSPS) is 10.1. The van der Waals surface area contributed by atoms with Crippen LogP contribution in [0.3, 0.4) is 0 Å². The van der Waals surface area contributed by atoms with Crippen molar-refractivity contribution in [2.45, 2.75) is 6.42 Å². The van der Waals surface area contributed by atoms with Gasteiger partial charge in [0, 0.05) is 19.0 Å². The molecule has 0 fully saturated rings. The van der Waals surface area contributed by atoms with Gasteiger partial charge in [-0.2, -0.15) is 0 Å². The van der Waals surface area contributed by atoms with Crippen molar-refractivity contribution in [1.29, 1.82) is 0 Å². The lowest BCUT2D eigenvalue weighted by Crippen LogP contribution is -2.19. The van der Waals surface area contributed by atoms with E-state index in [2.05, 4.69) is 5.32 Å². The number of amides is 2. The van der Waals surface area contributed by atoms with E-state index in [1.54, 1.807) is 0 Å². The third-order valence-corrected chi connectivity index (χ3v) is 1.97. The summed E-state index contributed by atoms with van der Waals surface area (Å²) in [6.07, 6.45) is -0.0112. The molecule has 17 heavy (non-hydrogen) atoms. The molecule has 2 amide bonds. The maximum absolute atomic E-state index is 13.3. The zero-order chi connectivity index (χ0) is 13.0.